The lowest BCUT2D eigenvalue weighted by atomic mass is 10.0. The van der Waals surface area contributed by atoms with Crippen molar-refractivity contribution in [2.45, 2.75) is 12.8 Å². The number of carboxylic acids is 1. The Kier molecular flexibility index (Phi) is 3.44. The molecule has 1 aliphatic carbocycles. The molecule has 0 atom stereocenters. The SMILES string of the molecule is O=C(O)c1ccc(-c2cccc(NC(=O)C3CC3)c2)cc1. The summed E-state index contributed by atoms with van der Waals surface area (Å²) >= 11 is 0. The van der Waals surface area contributed by atoms with Gasteiger partial charge in [0, 0.05) is 11.6 Å². The van der Waals surface area contributed by atoms with Crippen LogP contribution in [0.3, 0.4) is 0 Å². The summed E-state index contributed by atoms with van der Waals surface area (Å²) in [6.07, 6.45) is 1.95. The topological polar surface area (TPSA) is 66.4 Å². The first-order chi connectivity index (χ1) is 10.1. The fourth-order valence-corrected chi connectivity index (χ4v) is 2.17. The Bertz CT molecular complexity index is 687. The van der Waals surface area contributed by atoms with E-state index in [1.807, 2.05) is 24.3 Å². The zero-order valence-corrected chi connectivity index (χ0v) is 11.4. The lowest BCUT2D eigenvalue weighted by Crippen LogP contribution is -2.13. The van der Waals surface area contributed by atoms with Crippen molar-refractivity contribution in [3.8, 4) is 11.1 Å². The van der Waals surface area contributed by atoms with Gasteiger partial charge in [-0.1, -0.05) is 24.3 Å². The molecule has 1 saturated carbocycles. The largest absolute Gasteiger partial charge is 0.478 e. The van der Waals surface area contributed by atoms with Crippen LogP contribution in [0.4, 0.5) is 5.69 Å². The molecule has 0 spiro atoms. The van der Waals surface area contributed by atoms with Gasteiger partial charge in [0.15, 0.2) is 0 Å². The second-order valence-electron chi connectivity index (χ2n) is 5.23. The van der Waals surface area contributed by atoms with E-state index in [1.54, 1.807) is 24.3 Å². The molecule has 2 aromatic carbocycles. The summed E-state index contributed by atoms with van der Waals surface area (Å²) in [6.45, 7) is 0. The van der Waals surface area contributed by atoms with Crippen LogP contribution in [0.25, 0.3) is 11.1 Å². The van der Waals surface area contributed by atoms with E-state index in [4.69, 9.17) is 5.11 Å². The quantitative estimate of drug-likeness (QED) is 0.902. The molecule has 0 unspecified atom stereocenters. The van der Waals surface area contributed by atoms with E-state index in [-0.39, 0.29) is 17.4 Å². The van der Waals surface area contributed by atoms with Crippen LogP contribution in [-0.4, -0.2) is 17.0 Å². The van der Waals surface area contributed by atoms with Gasteiger partial charge in [0.2, 0.25) is 5.91 Å². The minimum atomic E-state index is -0.938. The summed E-state index contributed by atoms with van der Waals surface area (Å²) in [5.74, 6) is -0.691. The molecule has 2 aromatic rings. The van der Waals surface area contributed by atoms with E-state index in [2.05, 4.69) is 5.32 Å². The van der Waals surface area contributed by atoms with Crippen LogP contribution in [0, 0.1) is 5.92 Å². The molecular formula is C17H15NO3. The van der Waals surface area contributed by atoms with Crippen LogP contribution in [0.5, 0.6) is 0 Å². The Morgan fingerprint density at radius 2 is 1.71 bits per heavy atom. The van der Waals surface area contributed by atoms with E-state index in [9.17, 15) is 9.59 Å². The van der Waals surface area contributed by atoms with E-state index in [0.717, 1.165) is 29.7 Å². The average molecular weight is 281 g/mol. The Morgan fingerprint density at radius 1 is 1.00 bits per heavy atom. The number of anilines is 1. The van der Waals surface area contributed by atoms with Crippen molar-refractivity contribution in [2.24, 2.45) is 5.92 Å². The smallest absolute Gasteiger partial charge is 0.335 e. The highest BCUT2D eigenvalue weighted by atomic mass is 16.4. The van der Waals surface area contributed by atoms with Crippen LogP contribution < -0.4 is 5.32 Å². The highest BCUT2D eigenvalue weighted by Gasteiger charge is 2.29. The first-order valence-electron chi connectivity index (χ1n) is 6.88. The highest BCUT2D eigenvalue weighted by molar-refractivity contribution is 5.94. The number of benzene rings is 2. The maximum Gasteiger partial charge on any atom is 0.335 e. The number of carboxylic acid groups (broad SMARTS) is 1. The normalized spacial score (nSPS) is 13.7. The lowest BCUT2D eigenvalue weighted by molar-refractivity contribution is -0.117. The molecule has 4 heteroatoms. The molecule has 106 valence electrons. The molecule has 4 nitrogen and oxygen atoms in total. The summed E-state index contributed by atoms with van der Waals surface area (Å²) < 4.78 is 0. The highest BCUT2D eigenvalue weighted by Crippen LogP contribution is 2.31. The van der Waals surface area contributed by atoms with Gasteiger partial charge >= 0.3 is 5.97 Å². The zero-order chi connectivity index (χ0) is 14.8. The van der Waals surface area contributed by atoms with Gasteiger partial charge in [-0.25, -0.2) is 4.79 Å². The van der Waals surface area contributed by atoms with Crippen LogP contribution >= 0.6 is 0 Å². The maximum atomic E-state index is 11.8. The zero-order valence-electron chi connectivity index (χ0n) is 11.4. The third-order valence-electron chi connectivity index (χ3n) is 3.54. The molecular weight excluding hydrogens is 266 g/mol. The molecule has 0 radical (unpaired) electrons. The molecule has 1 amide bonds. The van der Waals surface area contributed by atoms with Gasteiger partial charge in [-0.3, -0.25) is 4.79 Å². The van der Waals surface area contributed by atoms with Crippen molar-refractivity contribution in [3.05, 3.63) is 54.1 Å². The van der Waals surface area contributed by atoms with Gasteiger partial charge in [0.05, 0.1) is 5.56 Å². The van der Waals surface area contributed by atoms with Gasteiger partial charge in [-0.05, 0) is 48.2 Å². The van der Waals surface area contributed by atoms with Crippen molar-refractivity contribution in [2.75, 3.05) is 5.32 Å². The predicted molar refractivity (Wildman–Crippen MR) is 80.2 cm³/mol. The summed E-state index contributed by atoms with van der Waals surface area (Å²) in [5.41, 5.74) is 2.90. The fraction of sp³-hybridized carbons (Fsp3) is 0.176. The Labute approximate surface area is 122 Å². The first-order valence-corrected chi connectivity index (χ1v) is 6.88. The number of hydrogen-bond acceptors (Lipinski definition) is 2. The molecule has 3 rings (SSSR count). The van der Waals surface area contributed by atoms with Crippen LogP contribution in [0.1, 0.15) is 23.2 Å². The first kappa shape index (κ1) is 13.4. The fourth-order valence-electron chi connectivity index (χ4n) is 2.17. The number of carbonyl (C=O) groups is 2. The molecule has 1 fully saturated rings. The Balaban J connectivity index is 1.81. The molecule has 1 aliphatic rings. The van der Waals surface area contributed by atoms with Gasteiger partial charge in [-0.15, -0.1) is 0 Å². The van der Waals surface area contributed by atoms with Crippen molar-refractivity contribution in [3.63, 3.8) is 0 Å². The van der Waals surface area contributed by atoms with Gasteiger partial charge in [0.1, 0.15) is 0 Å². The second-order valence-corrected chi connectivity index (χ2v) is 5.23. The molecule has 0 heterocycles. The molecule has 0 aromatic heterocycles. The average Bonchev–Trinajstić information content (AvgIpc) is 3.32. The number of rotatable bonds is 4. The number of amides is 1. The third-order valence-corrected chi connectivity index (χ3v) is 3.54. The van der Waals surface area contributed by atoms with Gasteiger partial charge < -0.3 is 10.4 Å². The standard InChI is InChI=1S/C17H15NO3/c19-16(12-6-7-12)18-15-3-1-2-14(10-15)11-4-8-13(9-5-11)17(20)21/h1-5,8-10,12H,6-7H2,(H,18,19)(H,20,21). The lowest BCUT2D eigenvalue weighted by Gasteiger charge is -2.07. The number of aromatic carboxylic acids is 1. The summed E-state index contributed by atoms with van der Waals surface area (Å²) in [7, 11) is 0. The van der Waals surface area contributed by atoms with Crippen molar-refractivity contribution < 1.29 is 14.7 Å². The summed E-state index contributed by atoms with van der Waals surface area (Å²) in [6, 6.07) is 14.3. The van der Waals surface area contributed by atoms with Gasteiger partial charge in [-0.2, -0.15) is 0 Å². The van der Waals surface area contributed by atoms with Crippen molar-refractivity contribution in [1.29, 1.82) is 0 Å². The number of hydrogen-bond donors (Lipinski definition) is 2. The minimum absolute atomic E-state index is 0.0772. The monoisotopic (exact) mass is 281 g/mol. The molecule has 0 bridgehead atoms. The Hall–Kier alpha value is -2.62. The number of carbonyl (C=O) groups excluding carboxylic acids is 1. The van der Waals surface area contributed by atoms with Crippen LogP contribution in [0.15, 0.2) is 48.5 Å². The summed E-state index contributed by atoms with van der Waals surface area (Å²) in [5, 5.41) is 11.8. The van der Waals surface area contributed by atoms with Crippen LogP contribution in [-0.2, 0) is 4.79 Å². The van der Waals surface area contributed by atoms with Crippen molar-refractivity contribution >= 4 is 17.6 Å². The van der Waals surface area contributed by atoms with Crippen LogP contribution in [0.2, 0.25) is 0 Å². The minimum Gasteiger partial charge on any atom is -0.478 e. The van der Waals surface area contributed by atoms with Gasteiger partial charge in [0.25, 0.3) is 0 Å². The Morgan fingerprint density at radius 3 is 2.33 bits per heavy atom. The van der Waals surface area contributed by atoms with E-state index < -0.39 is 5.97 Å². The predicted octanol–water partition coefficient (Wildman–Crippen LogP) is 3.40. The molecule has 0 saturated heterocycles. The second kappa shape index (κ2) is 5.40. The molecule has 2 N–H and O–H groups in total. The molecule has 21 heavy (non-hydrogen) atoms. The summed E-state index contributed by atoms with van der Waals surface area (Å²) in [4.78, 5) is 22.6. The third kappa shape index (κ3) is 3.11. The molecule has 0 aliphatic heterocycles. The van der Waals surface area contributed by atoms with E-state index in [1.165, 1.54) is 0 Å². The van der Waals surface area contributed by atoms with E-state index >= 15 is 0 Å². The van der Waals surface area contributed by atoms with E-state index in [0.29, 0.717) is 0 Å². The number of nitrogens with one attached hydrogen (secondary N) is 1. The van der Waals surface area contributed by atoms with Crippen molar-refractivity contribution in [1.82, 2.24) is 0 Å². The maximum absolute atomic E-state index is 11.8.